The minimum atomic E-state index is -0.458. The van der Waals surface area contributed by atoms with E-state index in [2.05, 4.69) is 0 Å². The van der Waals surface area contributed by atoms with E-state index in [1.165, 1.54) is 12.1 Å². The first-order valence-corrected chi connectivity index (χ1v) is 7.94. The molecule has 0 saturated heterocycles. The Hall–Kier alpha value is -3.67. The molecule has 0 bridgehead atoms. The Morgan fingerprint density at radius 3 is 2.54 bits per heavy atom. The van der Waals surface area contributed by atoms with Crippen molar-refractivity contribution in [2.75, 3.05) is 0 Å². The number of hydrogen-bond donors (Lipinski definition) is 1. The van der Waals surface area contributed by atoms with Crippen molar-refractivity contribution in [1.29, 1.82) is 0 Å². The van der Waals surface area contributed by atoms with Gasteiger partial charge in [0.1, 0.15) is 17.3 Å². The highest BCUT2D eigenvalue weighted by atomic mass is 16.6. The Balaban J connectivity index is 1.61. The number of nitro benzene ring substituents is 1. The van der Waals surface area contributed by atoms with E-state index in [0.717, 1.165) is 0 Å². The summed E-state index contributed by atoms with van der Waals surface area (Å²) in [6, 6.07) is 14.4. The van der Waals surface area contributed by atoms with Crippen LogP contribution in [-0.4, -0.2) is 15.8 Å². The molecule has 128 valence electrons. The van der Waals surface area contributed by atoms with Gasteiger partial charge in [-0.1, -0.05) is 12.1 Å². The maximum Gasteiger partial charge on any atom is 0.269 e. The average molecular weight is 347 g/mol. The van der Waals surface area contributed by atoms with E-state index < -0.39 is 4.92 Å². The maximum atomic E-state index is 12.4. The number of carbonyl (C=O) groups is 1. The van der Waals surface area contributed by atoms with Gasteiger partial charge in [0.2, 0.25) is 0 Å². The van der Waals surface area contributed by atoms with Gasteiger partial charge in [-0.05, 0) is 36.4 Å². The molecule has 0 atom stereocenters. The number of allylic oxidation sites excluding steroid dienone is 1. The molecule has 1 aliphatic carbocycles. The summed E-state index contributed by atoms with van der Waals surface area (Å²) in [6.07, 6.45) is 2.02. The summed E-state index contributed by atoms with van der Waals surface area (Å²) < 4.78 is 5.75. The number of hydrogen-bond acceptors (Lipinski definition) is 5. The van der Waals surface area contributed by atoms with Crippen molar-refractivity contribution in [3.8, 4) is 17.1 Å². The third kappa shape index (κ3) is 2.67. The normalized spacial score (nSPS) is 14.6. The lowest BCUT2D eigenvalue weighted by Crippen LogP contribution is -1.94. The molecule has 0 saturated carbocycles. The molecule has 0 fully saturated rings. The third-order valence-electron chi connectivity index (χ3n) is 4.36. The van der Waals surface area contributed by atoms with E-state index in [1.807, 2.05) is 0 Å². The van der Waals surface area contributed by atoms with Crippen LogP contribution in [0, 0.1) is 10.1 Å². The van der Waals surface area contributed by atoms with E-state index in [-0.39, 0.29) is 17.2 Å². The maximum absolute atomic E-state index is 12.4. The first-order valence-electron chi connectivity index (χ1n) is 7.94. The summed E-state index contributed by atoms with van der Waals surface area (Å²) in [7, 11) is 0. The van der Waals surface area contributed by atoms with Crippen LogP contribution in [-0.2, 0) is 6.42 Å². The summed E-state index contributed by atoms with van der Waals surface area (Å²) in [5, 5.41) is 20.6. The number of fused-ring (bicyclic) bond motifs is 1. The highest BCUT2D eigenvalue weighted by molar-refractivity contribution is 6.15. The SMILES string of the molecule is O=C1/C(=C\c2ccc(-c3ccc([N+](=O)[O-])cc3)o2)Cc2c(O)cccc21. The summed E-state index contributed by atoms with van der Waals surface area (Å²) in [5.41, 5.74) is 2.41. The van der Waals surface area contributed by atoms with Gasteiger partial charge in [-0.25, -0.2) is 0 Å². The fourth-order valence-electron chi connectivity index (χ4n) is 3.04. The number of Topliss-reactive ketones (excluding diaryl/α,β-unsaturated/α-hetero) is 1. The van der Waals surface area contributed by atoms with Crippen molar-refractivity contribution >= 4 is 17.5 Å². The molecule has 0 amide bonds. The Morgan fingerprint density at radius 1 is 1.08 bits per heavy atom. The smallest absolute Gasteiger partial charge is 0.269 e. The van der Waals surface area contributed by atoms with Gasteiger partial charge in [0.25, 0.3) is 5.69 Å². The van der Waals surface area contributed by atoms with Gasteiger partial charge in [-0.2, -0.15) is 0 Å². The van der Waals surface area contributed by atoms with Gasteiger partial charge in [0.15, 0.2) is 5.78 Å². The Kier molecular flexibility index (Phi) is 3.65. The fourth-order valence-corrected chi connectivity index (χ4v) is 3.04. The average Bonchev–Trinajstić information content (AvgIpc) is 3.22. The van der Waals surface area contributed by atoms with E-state index in [9.17, 15) is 20.0 Å². The van der Waals surface area contributed by atoms with E-state index in [4.69, 9.17) is 4.42 Å². The summed E-state index contributed by atoms with van der Waals surface area (Å²) in [4.78, 5) is 22.7. The predicted octanol–water partition coefficient (Wildman–Crippen LogP) is 4.38. The predicted molar refractivity (Wildman–Crippen MR) is 94.9 cm³/mol. The number of non-ortho nitro benzene ring substituents is 1. The molecule has 1 N–H and O–H groups in total. The molecule has 26 heavy (non-hydrogen) atoms. The van der Waals surface area contributed by atoms with Crippen molar-refractivity contribution in [2.24, 2.45) is 0 Å². The third-order valence-corrected chi connectivity index (χ3v) is 4.36. The zero-order chi connectivity index (χ0) is 18.3. The zero-order valence-corrected chi connectivity index (χ0v) is 13.5. The number of furan rings is 1. The molecule has 1 heterocycles. The number of nitro groups is 1. The van der Waals surface area contributed by atoms with E-state index >= 15 is 0 Å². The highest BCUT2D eigenvalue weighted by Crippen LogP contribution is 2.34. The monoisotopic (exact) mass is 347 g/mol. The molecule has 2 aromatic carbocycles. The fraction of sp³-hybridized carbons (Fsp3) is 0.0500. The lowest BCUT2D eigenvalue weighted by molar-refractivity contribution is -0.384. The summed E-state index contributed by atoms with van der Waals surface area (Å²) >= 11 is 0. The molecule has 0 unspecified atom stereocenters. The number of phenolic OH excluding ortho intramolecular Hbond substituents is 1. The topological polar surface area (TPSA) is 93.6 Å². The second kappa shape index (κ2) is 6.00. The minimum absolute atomic E-state index is 0.0109. The Bertz CT molecular complexity index is 1060. The van der Waals surface area contributed by atoms with Crippen molar-refractivity contribution in [1.82, 2.24) is 0 Å². The minimum Gasteiger partial charge on any atom is -0.508 e. The number of aromatic hydroxyl groups is 1. The molecular weight excluding hydrogens is 334 g/mol. The summed E-state index contributed by atoms with van der Waals surface area (Å²) in [5.74, 6) is 1.06. The van der Waals surface area contributed by atoms with Crippen molar-refractivity contribution < 1.29 is 19.2 Å². The molecule has 0 radical (unpaired) electrons. The van der Waals surface area contributed by atoms with Crippen LogP contribution in [0.3, 0.4) is 0 Å². The van der Waals surface area contributed by atoms with E-state index in [0.29, 0.717) is 40.2 Å². The molecule has 0 aliphatic heterocycles. The first kappa shape index (κ1) is 15.8. The first-order chi connectivity index (χ1) is 12.5. The molecule has 3 aromatic rings. The molecule has 6 heteroatoms. The lowest BCUT2D eigenvalue weighted by Gasteiger charge is -1.98. The van der Waals surface area contributed by atoms with Crippen LogP contribution in [0.4, 0.5) is 5.69 Å². The van der Waals surface area contributed by atoms with Crippen LogP contribution in [0.1, 0.15) is 21.7 Å². The Morgan fingerprint density at radius 2 is 1.85 bits per heavy atom. The van der Waals surface area contributed by atoms with Crippen LogP contribution >= 0.6 is 0 Å². The number of rotatable bonds is 3. The van der Waals surface area contributed by atoms with Crippen molar-refractivity contribution in [3.05, 3.63) is 87.2 Å². The second-order valence-corrected chi connectivity index (χ2v) is 5.98. The quantitative estimate of drug-likeness (QED) is 0.431. The van der Waals surface area contributed by atoms with Gasteiger partial charge in [0.05, 0.1) is 4.92 Å². The van der Waals surface area contributed by atoms with Crippen molar-refractivity contribution in [3.63, 3.8) is 0 Å². The van der Waals surface area contributed by atoms with Gasteiger partial charge in [0, 0.05) is 40.8 Å². The van der Waals surface area contributed by atoms with Gasteiger partial charge in [-0.15, -0.1) is 0 Å². The lowest BCUT2D eigenvalue weighted by atomic mass is 10.1. The number of ketones is 1. The van der Waals surface area contributed by atoms with Crippen LogP contribution in [0.5, 0.6) is 5.75 Å². The molecule has 1 aliphatic rings. The van der Waals surface area contributed by atoms with Gasteiger partial charge < -0.3 is 9.52 Å². The van der Waals surface area contributed by atoms with Crippen LogP contribution in [0.2, 0.25) is 0 Å². The molecule has 4 rings (SSSR count). The molecule has 0 spiro atoms. The van der Waals surface area contributed by atoms with Gasteiger partial charge >= 0.3 is 0 Å². The number of benzene rings is 2. The second-order valence-electron chi connectivity index (χ2n) is 5.98. The van der Waals surface area contributed by atoms with Gasteiger partial charge in [-0.3, -0.25) is 14.9 Å². The zero-order valence-electron chi connectivity index (χ0n) is 13.5. The highest BCUT2D eigenvalue weighted by Gasteiger charge is 2.27. The Labute approximate surface area is 148 Å². The van der Waals surface area contributed by atoms with Crippen LogP contribution in [0.25, 0.3) is 17.4 Å². The van der Waals surface area contributed by atoms with Crippen LogP contribution < -0.4 is 0 Å². The standard InChI is InChI=1S/C20H13NO5/c22-18-3-1-2-16-17(18)11-13(20(16)23)10-15-8-9-19(26-15)12-4-6-14(7-5-12)21(24)25/h1-10,22H,11H2/b13-10-. The number of nitrogens with zero attached hydrogens (tertiary/aromatic N) is 1. The van der Waals surface area contributed by atoms with E-state index in [1.54, 1.807) is 48.5 Å². The summed E-state index contributed by atoms with van der Waals surface area (Å²) in [6.45, 7) is 0. The largest absolute Gasteiger partial charge is 0.508 e. The molecular formula is C20H13NO5. The number of phenols is 1. The van der Waals surface area contributed by atoms with Crippen LogP contribution in [0.15, 0.2) is 64.6 Å². The number of carbonyl (C=O) groups excluding carboxylic acids is 1. The molecule has 1 aromatic heterocycles. The molecule has 6 nitrogen and oxygen atoms in total. The van der Waals surface area contributed by atoms with Crippen molar-refractivity contribution in [2.45, 2.75) is 6.42 Å².